The van der Waals surface area contributed by atoms with E-state index in [2.05, 4.69) is 0 Å². The molecule has 9 heteroatoms. The van der Waals surface area contributed by atoms with Gasteiger partial charge in [-0.05, 0) is 32.0 Å². The Morgan fingerprint density at radius 2 is 1.93 bits per heavy atom. The molecule has 2 fully saturated rings. The van der Waals surface area contributed by atoms with Gasteiger partial charge in [0.05, 0.1) is 26.4 Å². The smallest absolute Gasteiger partial charge is 0.371 e. The van der Waals surface area contributed by atoms with Crippen LogP contribution in [0.3, 0.4) is 0 Å². The van der Waals surface area contributed by atoms with Crippen LogP contribution in [-0.4, -0.2) is 67.3 Å². The fourth-order valence-electron chi connectivity index (χ4n) is 4.55. The van der Waals surface area contributed by atoms with Gasteiger partial charge in [0.25, 0.3) is 0 Å². The maximum atomic E-state index is 13.1. The Hall–Kier alpha value is -2.65. The number of hydrogen-bond donors (Lipinski definition) is 2. The SMILES string of the molecule is CCOC(=O)[C@]1(CO)[NH2+][C@H](c2cc(OC)ccc2OC)[C@H]2C(=O)N(CC)C(=O)[C@H]21. The Bertz CT molecular complexity index is 827. The zero-order valence-electron chi connectivity index (χ0n) is 17.0. The highest BCUT2D eigenvalue weighted by Crippen LogP contribution is 2.46. The number of rotatable bonds is 7. The number of carbonyl (C=O) groups excluding carboxylic acids is 3. The number of fused-ring (bicyclic) bond motifs is 1. The molecule has 0 unspecified atom stereocenters. The van der Waals surface area contributed by atoms with Crippen LogP contribution in [0, 0.1) is 11.8 Å². The predicted molar refractivity (Wildman–Crippen MR) is 100 cm³/mol. The molecule has 2 amide bonds. The van der Waals surface area contributed by atoms with Crippen LogP contribution in [0.2, 0.25) is 0 Å². The second-order valence-corrected chi connectivity index (χ2v) is 7.14. The lowest BCUT2D eigenvalue weighted by Crippen LogP contribution is -2.99. The number of imide groups is 1. The summed E-state index contributed by atoms with van der Waals surface area (Å²) in [4.78, 5) is 40.2. The number of nitrogens with zero attached hydrogens (tertiary/aromatic N) is 1. The fraction of sp³-hybridized carbons (Fsp3) is 0.550. The lowest BCUT2D eigenvalue weighted by molar-refractivity contribution is -0.735. The number of esters is 1. The number of aliphatic hydroxyl groups is 1. The number of quaternary nitrogens is 1. The largest absolute Gasteiger partial charge is 0.497 e. The molecule has 2 aliphatic rings. The molecule has 158 valence electrons. The van der Waals surface area contributed by atoms with Crippen LogP contribution in [0.5, 0.6) is 11.5 Å². The molecule has 3 rings (SSSR count). The molecule has 0 bridgehead atoms. The third kappa shape index (κ3) is 3.05. The Morgan fingerprint density at radius 3 is 2.48 bits per heavy atom. The molecule has 0 spiro atoms. The Kier molecular flexibility index (Phi) is 5.81. The van der Waals surface area contributed by atoms with Crippen LogP contribution in [0.1, 0.15) is 25.5 Å². The van der Waals surface area contributed by atoms with E-state index in [0.29, 0.717) is 17.1 Å². The van der Waals surface area contributed by atoms with Crippen LogP contribution in [-0.2, 0) is 19.1 Å². The van der Waals surface area contributed by atoms with E-state index in [9.17, 15) is 19.5 Å². The number of hydrogen-bond acceptors (Lipinski definition) is 7. The van der Waals surface area contributed by atoms with Gasteiger partial charge in [0, 0.05) is 6.54 Å². The predicted octanol–water partition coefficient (Wildman–Crippen LogP) is -0.763. The summed E-state index contributed by atoms with van der Waals surface area (Å²) in [6, 6.07) is 4.52. The van der Waals surface area contributed by atoms with Crippen molar-refractivity contribution in [2.24, 2.45) is 11.8 Å². The van der Waals surface area contributed by atoms with E-state index in [-0.39, 0.29) is 19.1 Å². The number of aliphatic hydroxyl groups excluding tert-OH is 1. The second-order valence-electron chi connectivity index (χ2n) is 7.14. The third-order valence-electron chi connectivity index (χ3n) is 5.89. The molecule has 2 aliphatic heterocycles. The van der Waals surface area contributed by atoms with Gasteiger partial charge in [0.15, 0.2) is 0 Å². The first-order chi connectivity index (χ1) is 13.9. The molecule has 0 radical (unpaired) electrons. The normalized spacial score (nSPS) is 28.4. The Labute approximate surface area is 168 Å². The van der Waals surface area contributed by atoms with Crippen molar-refractivity contribution in [3.8, 4) is 11.5 Å². The van der Waals surface area contributed by atoms with Gasteiger partial charge >= 0.3 is 5.97 Å². The molecular weight excluding hydrogens is 380 g/mol. The molecule has 0 saturated carbocycles. The van der Waals surface area contributed by atoms with Gasteiger partial charge in [-0.2, -0.15) is 0 Å². The van der Waals surface area contributed by atoms with Gasteiger partial charge in [-0.3, -0.25) is 14.5 Å². The summed E-state index contributed by atoms with van der Waals surface area (Å²) >= 11 is 0. The first-order valence-corrected chi connectivity index (χ1v) is 9.61. The molecule has 3 N–H and O–H groups in total. The number of amides is 2. The van der Waals surface area contributed by atoms with E-state index < -0.39 is 41.9 Å². The summed E-state index contributed by atoms with van der Waals surface area (Å²) in [7, 11) is 3.02. The highest BCUT2D eigenvalue weighted by atomic mass is 16.5. The third-order valence-corrected chi connectivity index (χ3v) is 5.89. The highest BCUT2D eigenvalue weighted by molar-refractivity contribution is 6.08. The monoisotopic (exact) mass is 407 g/mol. The summed E-state index contributed by atoms with van der Waals surface area (Å²) in [5.74, 6) is -2.36. The van der Waals surface area contributed by atoms with Crippen molar-refractivity contribution >= 4 is 17.8 Å². The van der Waals surface area contributed by atoms with Gasteiger partial charge in [-0.1, -0.05) is 0 Å². The minimum atomic E-state index is -1.60. The Morgan fingerprint density at radius 1 is 1.21 bits per heavy atom. The second kappa shape index (κ2) is 8.00. The first-order valence-electron chi connectivity index (χ1n) is 9.61. The van der Waals surface area contributed by atoms with Crippen LogP contribution in [0.4, 0.5) is 0 Å². The maximum Gasteiger partial charge on any atom is 0.371 e. The number of nitrogens with two attached hydrogens (primary N) is 1. The van der Waals surface area contributed by atoms with Crippen LogP contribution >= 0.6 is 0 Å². The van der Waals surface area contributed by atoms with E-state index in [4.69, 9.17) is 14.2 Å². The number of likely N-dealkylation sites (tertiary alicyclic amines) is 1. The maximum absolute atomic E-state index is 13.1. The standard InChI is InChI=1S/C20H26N2O7/c1-5-22-17(24)14-15(18(22)25)20(10-23,19(26)29-6-2)21-16(14)12-9-11(27-3)7-8-13(12)28-4/h7-9,14-16,21,23H,5-6,10H2,1-4H3/p+1/t14-,15-,16+,20+/m0/s1. The molecule has 1 aromatic carbocycles. The van der Waals surface area contributed by atoms with E-state index in [1.807, 2.05) is 0 Å². The highest BCUT2D eigenvalue weighted by Gasteiger charge is 2.72. The number of ether oxygens (including phenoxy) is 3. The van der Waals surface area contributed by atoms with Crippen molar-refractivity contribution < 1.29 is 39.0 Å². The molecule has 1 aromatic rings. The zero-order valence-corrected chi connectivity index (χ0v) is 17.0. The van der Waals surface area contributed by atoms with Gasteiger partial charge in [-0.15, -0.1) is 0 Å². The lowest BCUT2D eigenvalue weighted by atomic mass is 9.79. The molecule has 0 aliphatic carbocycles. The van der Waals surface area contributed by atoms with Gasteiger partial charge < -0.3 is 24.6 Å². The first kappa shape index (κ1) is 21.1. The van der Waals surface area contributed by atoms with Crippen LogP contribution in [0.15, 0.2) is 18.2 Å². The minimum Gasteiger partial charge on any atom is -0.497 e. The molecule has 29 heavy (non-hydrogen) atoms. The van der Waals surface area contributed by atoms with E-state index in [1.165, 1.54) is 14.2 Å². The van der Waals surface area contributed by atoms with Crippen molar-refractivity contribution in [3.63, 3.8) is 0 Å². The van der Waals surface area contributed by atoms with Gasteiger partial charge in [0.2, 0.25) is 17.4 Å². The summed E-state index contributed by atoms with van der Waals surface area (Å²) in [6.07, 6.45) is 0. The van der Waals surface area contributed by atoms with Crippen molar-refractivity contribution in [3.05, 3.63) is 23.8 Å². The van der Waals surface area contributed by atoms with Gasteiger partial charge in [0.1, 0.15) is 36.0 Å². The number of methoxy groups -OCH3 is 2. The molecule has 2 heterocycles. The van der Waals surface area contributed by atoms with Crippen molar-refractivity contribution in [1.29, 1.82) is 0 Å². The van der Waals surface area contributed by atoms with E-state index in [0.717, 1.165) is 4.90 Å². The summed E-state index contributed by atoms with van der Waals surface area (Å²) in [6.45, 7) is 3.01. The quantitative estimate of drug-likeness (QED) is 0.450. The molecule has 9 nitrogen and oxygen atoms in total. The van der Waals surface area contributed by atoms with E-state index >= 15 is 0 Å². The van der Waals surface area contributed by atoms with Crippen LogP contribution in [0.25, 0.3) is 0 Å². The van der Waals surface area contributed by atoms with Crippen molar-refractivity contribution in [2.75, 3.05) is 34.0 Å². The van der Waals surface area contributed by atoms with E-state index in [1.54, 1.807) is 37.4 Å². The average molecular weight is 407 g/mol. The van der Waals surface area contributed by atoms with Crippen molar-refractivity contribution in [1.82, 2.24) is 4.90 Å². The summed E-state index contributed by atoms with van der Waals surface area (Å²) in [5, 5.41) is 11.8. The zero-order chi connectivity index (χ0) is 21.3. The van der Waals surface area contributed by atoms with Crippen molar-refractivity contribution in [2.45, 2.75) is 25.4 Å². The fourth-order valence-corrected chi connectivity index (χ4v) is 4.55. The topological polar surface area (TPSA) is 119 Å². The number of carbonyl (C=O) groups is 3. The average Bonchev–Trinajstić information content (AvgIpc) is 3.21. The molecule has 4 atom stereocenters. The molecule has 0 aromatic heterocycles. The lowest BCUT2D eigenvalue weighted by Gasteiger charge is -2.27. The number of benzene rings is 1. The summed E-state index contributed by atoms with van der Waals surface area (Å²) in [5.41, 5.74) is -0.989. The molecular formula is C20H27N2O7+. The Balaban J connectivity index is 2.18. The van der Waals surface area contributed by atoms with Gasteiger partial charge in [-0.25, -0.2) is 4.79 Å². The minimum absolute atomic E-state index is 0.0958. The molecule has 2 saturated heterocycles. The van der Waals surface area contributed by atoms with Crippen LogP contribution < -0.4 is 14.8 Å². The summed E-state index contributed by atoms with van der Waals surface area (Å²) < 4.78 is 16.0.